The molecule has 7 heteroatoms. The molecule has 3 unspecified atom stereocenters. The molecule has 1 fully saturated rings. The fourth-order valence-electron chi connectivity index (χ4n) is 4.37. The van der Waals surface area contributed by atoms with Gasteiger partial charge in [0.1, 0.15) is 17.7 Å². The number of alkyl carbamates (subject to hydrolysis) is 1. The van der Waals surface area contributed by atoms with Crippen molar-refractivity contribution in [3.05, 3.63) is 65.2 Å². The number of para-hydroxylation sites is 1. The molecule has 0 aromatic heterocycles. The van der Waals surface area contributed by atoms with Crippen LogP contribution < -0.4 is 10.6 Å². The molecule has 200 valence electrons. The molecule has 2 aromatic carbocycles. The van der Waals surface area contributed by atoms with Gasteiger partial charge in [-0.2, -0.15) is 0 Å². The molecule has 1 aliphatic rings. The van der Waals surface area contributed by atoms with Crippen molar-refractivity contribution >= 4 is 23.6 Å². The highest BCUT2D eigenvalue weighted by Crippen LogP contribution is 2.38. The summed E-state index contributed by atoms with van der Waals surface area (Å²) in [4.78, 5) is 42.6. The van der Waals surface area contributed by atoms with Crippen molar-refractivity contribution in [2.24, 2.45) is 5.92 Å². The summed E-state index contributed by atoms with van der Waals surface area (Å²) < 4.78 is 5.47. The number of rotatable bonds is 9. The maximum Gasteiger partial charge on any atom is 0.408 e. The van der Waals surface area contributed by atoms with Crippen LogP contribution in [0.3, 0.4) is 0 Å². The summed E-state index contributed by atoms with van der Waals surface area (Å²) >= 11 is 0. The lowest BCUT2D eigenvalue weighted by molar-refractivity contribution is -0.142. The zero-order chi connectivity index (χ0) is 27.3. The highest BCUT2D eigenvalue weighted by atomic mass is 16.6. The molecule has 37 heavy (non-hydrogen) atoms. The van der Waals surface area contributed by atoms with Gasteiger partial charge >= 0.3 is 6.09 Å². The molecule has 0 spiro atoms. The number of nitrogens with zero attached hydrogens (tertiary/aromatic N) is 1. The van der Waals surface area contributed by atoms with Crippen molar-refractivity contribution in [3.8, 4) is 0 Å². The van der Waals surface area contributed by atoms with Gasteiger partial charge in [-0.15, -0.1) is 0 Å². The molecular weight excluding hydrogens is 466 g/mol. The van der Waals surface area contributed by atoms with Crippen LogP contribution in [0.25, 0.3) is 0 Å². The molecule has 7 nitrogen and oxygen atoms in total. The summed E-state index contributed by atoms with van der Waals surface area (Å²) in [6, 6.07) is 13.5. The van der Waals surface area contributed by atoms with Crippen molar-refractivity contribution in [1.82, 2.24) is 10.2 Å². The largest absolute Gasteiger partial charge is 0.444 e. The van der Waals surface area contributed by atoms with E-state index in [9.17, 15) is 14.4 Å². The van der Waals surface area contributed by atoms with E-state index in [0.29, 0.717) is 12.1 Å². The predicted octanol–water partition coefficient (Wildman–Crippen LogP) is 5.91. The number of carbonyl (C=O) groups is 3. The minimum absolute atomic E-state index is 0.0771. The first-order valence-corrected chi connectivity index (χ1v) is 13.2. The first-order valence-electron chi connectivity index (χ1n) is 13.2. The van der Waals surface area contributed by atoms with E-state index in [0.717, 1.165) is 29.5 Å². The highest BCUT2D eigenvalue weighted by molar-refractivity contribution is 5.99. The number of hydrogen-bond donors (Lipinski definition) is 2. The highest BCUT2D eigenvalue weighted by Gasteiger charge is 2.45. The predicted molar refractivity (Wildman–Crippen MR) is 146 cm³/mol. The minimum Gasteiger partial charge on any atom is -0.444 e. The molecule has 0 bridgehead atoms. The Hall–Kier alpha value is -3.35. The van der Waals surface area contributed by atoms with E-state index in [1.54, 1.807) is 25.7 Å². The third kappa shape index (κ3) is 7.34. The second-order valence-electron chi connectivity index (χ2n) is 11.0. The number of amides is 3. The molecular formula is C30H41N3O4. The van der Waals surface area contributed by atoms with Crippen LogP contribution in [0.4, 0.5) is 10.5 Å². The summed E-state index contributed by atoms with van der Waals surface area (Å²) in [5.74, 6) is -0.696. The van der Waals surface area contributed by atoms with Crippen LogP contribution in [-0.4, -0.2) is 40.5 Å². The van der Waals surface area contributed by atoms with Gasteiger partial charge < -0.3 is 20.3 Å². The lowest BCUT2D eigenvalue weighted by atomic mass is 9.94. The Morgan fingerprint density at radius 3 is 2.14 bits per heavy atom. The fourth-order valence-corrected chi connectivity index (χ4v) is 4.37. The lowest BCUT2D eigenvalue weighted by Crippen LogP contribution is -2.55. The molecule has 0 radical (unpaired) electrons. The Morgan fingerprint density at radius 2 is 1.59 bits per heavy atom. The number of carbonyl (C=O) groups excluding carboxylic acids is 3. The number of aryl methyl sites for hydroxylation is 2. The van der Waals surface area contributed by atoms with Crippen LogP contribution in [0, 0.1) is 19.8 Å². The maximum absolute atomic E-state index is 14.3. The topological polar surface area (TPSA) is 87.7 Å². The third-order valence-electron chi connectivity index (χ3n) is 6.76. The first-order chi connectivity index (χ1) is 17.4. The van der Waals surface area contributed by atoms with E-state index in [2.05, 4.69) is 10.6 Å². The Bertz CT molecular complexity index is 1120. The fraction of sp³-hybridized carbons (Fsp3) is 0.500. The van der Waals surface area contributed by atoms with Gasteiger partial charge in [-0.25, -0.2) is 4.79 Å². The molecule has 1 aliphatic carbocycles. The molecule has 0 aliphatic heterocycles. The number of hydrogen-bond acceptors (Lipinski definition) is 4. The molecule has 0 saturated heterocycles. The van der Waals surface area contributed by atoms with Gasteiger partial charge in [-0.05, 0) is 76.1 Å². The van der Waals surface area contributed by atoms with Crippen molar-refractivity contribution in [3.63, 3.8) is 0 Å². The Morgan fingerprint density at radius 1 is 1.00 bits per heavy atom. The quantitative estimate of drug-likeness (QED) is 0.441. The monoisotopic (exact) mass is 507 g/mol. The van der Waals surface area contributed by atoms with E-state index in [-0.39, 0.29) is 23.8 Å². The van der Waals surface area contributed by atoms with Crippen molar-refractivity contribution in [2.75, 3.05) is 5.32 Å². The van der Waals surface area contributed by atoms with Crippen molar-refractivity contribution in [2.45, 2.75) is 91.5 Å². The van der Waals surface area contributed by atoms with E-state index in [4.69, 9.17) is 4.74 Å². The molecule has 3 amide bonds. The van der Waals surface area contributed by atoms with Gasteiger partial charge in [0.05, 0.1) is 0 Å². The van der Waals surface area contributed by atoms with E-state index in [1.807, 2.05) is 76.2 Å². The normalized spacial score (nSPS) is 15.8. The van der Waals surface area contributed by atoms with Crippen LogP contribution in [0.5, 0.6) is 0 Å². The average Bonchev–Trinajstić information content (AvgIpc) is 3.66. The van der Waals surface area contributed by atoms with Crippen LogP contribution in [0.1, 0.15) is 76.6 Å². The molecule has 0 heterocycles. The third-order valence-corrected chi connectivity index (χ3v) is 6.76. The number of anilines is 1. The Labute approximate surface area is 221 Å². The maximum atomic E-state index is 14.3. The molecule has 3 rings (SSSR count). The van der Waals surface area contributed by atoms with Crippen LogP contribution in [-0.2, 0) is 14.3 Å². The van der Waals surface area contributed by atoms with Gasteiger partial charge in [0.15, 0.2) is 0 Å². The van der Waals surface area contributed by atoms with Gasteiger partial charge in [0, 0.05) is 11.7 Å². The average molecular weight is 508 g/mol. The number of nitrogens with one attached hydrogen (secondary N) is 2. The van der Waals surface area contributed by atoms with E-state index < -0.39 is 23.8 Å². The summed E-state index contributed by atoms with van der Waals surface area (Å²) in [5.41, 5.74) is 2.65. The second-order valence-corrected chi connectivity index (χ2v) is 11.0. The van der Waals surface area contributed by atoms with Crippen molar-refractivity contribution < 1.29 is 19.1 Å². The SMILES string of the molecule is CCC(C)C(NC(=O)OC(C)(C)C)C(=O)N(C1CC1)C(C(=O)Nc1ccccc1C)c1ccccc1C. The molecule has 1 saturated carbocycles. The zero-order valence-corrected chi connectivity index (χ0v) is 23.1. The number of ether oxygens (including phenoxy) is 1. The van der Waals surface area contributed by atoms with Crippen LogP contribution in [0.15, 0.2) is 48.5 Å². The molecule has 3 atom stereocenters. The summed E-state index contributed by atoms with van der Waals surface area (Å²) in [6.45, 7) is 13.2. The Kier molecular flexibility index (Phi) is 9.00. The van der Waals surface area contributed by atoms with Crippen LogP contribution >= 0.6 is 0 Å². The summed E-state index contributed by atoms with van der Waals surface area (Å²) in [6.07, 6.45) is 1.66. The Balaban J connectivity index is 2.02. The standard InChI is InChI=1S/C30H41N3O4/c1-8-19(2)25(32-29(36)37-30(5,6)7)28(35)33(22-17-18-22)26(23-15-11-9-13-20(23)3)27(34)31-24-16-12-10-14-21(24)4/h9-16,19,22,25-26H,8,17-18H2,1-7H3,(H,31,34)(H,32,36). The summed E-state index contributed by atoms with van der Waals surface area (Å²) in [5, 5.41) is 5.88. The lowest BCUT2D eigenvalue weighted by Gasteiger charge is -2.36. The zero-order valence-electron chi connectivity index (χ0n) is 23.1. The van der Waals surface area contributed by atoms with E-state index in [1.165, 1.54) is 0 Å². The van der Waals surface area contributed by atoms with E-state index >= 15 is 0 Å². The van der Waals surface area contributed by atoms with Gasteiger partial charge in [-0.3, -0.25) is 9.59 Å². The van der Waals surface area contributed by atoms with Crippen LogP contribution in [0.2, 0.25) is 0 Å². The van der Waals surface area contributed by atoms with Gasteiger partial charge in [-0.1, -0.05) is 62.7 Å². The number of benzene rings is 2. The molecule has 2 aromatic rings. The van der Waals surface area contributed by atoms with Gasteiger partial charge in [0.25, 0.3) is 5.91 Å². The van der Waals surface area contributed by atoms with Crippen molar-refractivity contribution in [1.29, 1.82) is 0 Å². The second kappa shape index (κ2) is 11.8. The summed E-state index contributed by atoms with van der Waals surface area (Å²) in [7, 11) is 0. The minimum atomic E-state index is -0.840. The first kappa shape index (κ1) is 28.2. The van der Waals surface area contributed by atoms with Gasteiger partial charge in [0.2, 0.25) is 5.91 Å². The molecule has 2 N–H and O–H groups in total. The smallest absolute Gasteiger partial charge is 0.408 e.